The number of nitrogens with one attached hydrogen (secondary N) is 1. The van der Waals surface area contributed by atoms with Gasteiger partial charge in [-0.2, -0.15) is 0 Å². The minimum Gasteiger partial charge on any atom is -0.528 e. The fourth-order valence-electron chi connectivity index (χ4n) is 3.09. The number of hydrogen-bond donors (Lipinski definition) is 1. The first-order valence-electron chi connectivity index (χ1n) is 7.33. The van der Waals surface area contributed by atoms with E-state index in [2.05, 4.69) is 29.5 Å². The lowest BCUT2D eigenvalue weighted by Gasteiger charge is -2.29. The van der Waals surface area contributed by atoms with E-state index in [1.807, 2.05) is 36.4 Å². The molecule has 1 N–H and O–H groups in total. The summed E-state index contributed by atoms with van der Waals surface area (Å²) in [6.07, 6.45) is -0.119. The molecule has 108 valence electrons. The van der Waals surface area contributed by atoms with Crippen LogP contribution in [0.4, 0.5) is 0 Å². The molecule has 2 fully saturated rings. The van der Waals surface area contributed by atoms with Gasteiger partial charge in [0, 0.05) is 19.3 Å². The Morgan fingerprint density at radius 3 is 2.00 bits per heavy atom. The van der Waals surface area contributed by atoms with Gasteiger partial charge in [-0.25, -0.2) is 0 Å². The molecule has 2 aliphatic heterocycles. The van der Waals surface area contributed by atoms with Crippen molar-refractivity contribution in [3.8, 4) is 0 Å². The van der Waals surface area contributed by atoms with Gasteiger partial charge in [0.25, 0.3) is 0 Å². The largest absolute Gasteiger partial charge is 0.528 e. The fraction of sp³-hybridized carbons (Fsp3) is 0.250. The van der Waals surface area contributed by atoms with Crippen molar-refractivity contribution in [2.24, 2.45) is 0 Å². The highest BCUT2D eigenvalue weighted by Gasteiger charge is 2.47. The van der Waals surface area contributed by atoms with E-state index in [0.29, 0.717) is 13.2 Å². The van der Waals surface area contributed by atoms with E-state index >= 15 is 0 Å². The molecule has 2 aromatic carbocycles. The van der Waals surface area contributed by atoms with Gasteiger partial charge in [-0.15, -0.1) is 0 Å². The summed E-state index contributed by atoms with van der Waals surface area (Å²) in [5.41, 5.74) is 2.29. The van der Waals surface area contributed by atoms with Crippen molar-refractivity contribution >= 4 is 6.89 Å². The van der Waals surface area contributed by atoms with Crippen LogP contribution in [0.3, 0.4) is 0 Å². The molecular formula is C16H17BNO3-. The zero-order valence-corrected chi connectivity index (χ0v) is 11.6. The topological polar surface area (TPSA) is 39.7 Å². The van der Waals surface area contributed by atoms with E-state index in [4.69, 9.17) is 14.0 Å². The van der Waals surface area contributed by atoms with Crippen molar-refractivity contribution in [1.29, 1.82) is 0 Å². The van der Waals surface area contributed by atoms with Gasteiger partial charge in [0.2, 0.25) is 0 Å². The van der Waals surface area contributed by atoms with Crippen molar-refractivity contribution in [2.75, 3.05) is 13.2 Å². The summed E-state index contributed by atoms with van der Waals surface area (Å²) in [4.78, 5) is 0. The Balaban J connectivity index is 1.71. The first kappa shape index (κ1) is 13.0. The molecule has 0 amide bonds. The van der Waals surface area contributed by atoms with Crippen LogP contribution in [0.15, 0.2) is 60.7 Å². The van der Waals surface area contributed by atoms with Crippen LogP contribution < -0.4 is 5.23 Å². The van der Waals surface area contributed by atoms with Gasteiger partial charge < -0.3 is 19.2 Å². The van der Waals surface area contributed by atoms with Gasteiger partial charge in [-0.05, 0) is 11.1 Å². The summed E-state index contributed by atoms with van der Waals surface area (Å²) in [7, 11) is 0. The molecule has 5 heteroatoms. The highest BCUT2D eigenvalue weighted by Crippen LogP contribution is 2.41. The van der Waals surface area contributed by atoms with E-state index in [0.717, 1.165) is 5.56 Å². The van der Waals surface area contributed by atoms with Crippen LogP contribution in [0.2, 0.25) is 0 Å². The van der Waals surface area contributed by atoms with Gasteiger partial charge in [0.05, 0.1) is 6.10 Å². The Hall–Kier alpha value is -1.66. The molecule has 2 aliphatic rings. The maximum atomic E-state index is 6.17. The predicted octanol–water partition coefficient (Wildman–Crippen LogP) is 2.57. The summed E-state index contributed by atoms with van der Waals surface area (Å²) in [6.45, 7) is -0.699. The Bertz CT molecular complexity index is 552. The first-order valence-corrected chi connectivity index (χ1v) is 7.33. The van der Waals surface area contributed by atoms with Gasteiger partial charge >= 0.3 is 6.89 Å². The second-order valence-corrected chi connectivity index (χ2v) is 5.41. The molecule has 0 unspecified atom stereocenters. The summed E-state index contributed by atoms with van der Waals surface area (Å²) >= 11 is 0. The van der Waals surface area contributed by atoms with E-state index in [9.17, 15) is 0 Å². The van der Waals surface area contributed by atoms with Crippen LogP contribution in [0.25, 0.3) is 0 Å². The lowest BCUT2D eigenvalue weighted by atomic mass is 9.94. The van der Waals surface area contributed by atoms with E-state index in [1.165, 1.54) is 5.56 Å². The zero-order valence-electron chi connectivity index (χ0n) is 11.6. The summed E-state index contributed by atoms with van der Waals surface area (Å²) in [5, 5.41) is 3.43. The van der Waals surface area contributed by atoms with Crippen LogP contribution >= 0.6 is 0 Å². The summed E-state index contributed by atoms with van der Waals surface area (Å²) in [6, 6.07) is 20.5. The number of benzene rings is 2. The average Bonchev–Trinajstić information content (AvgIpc) is 3.17. The Kier molecular flexibility index (Phi) is 3.28. The third-order valence-corrected chi connectivity index (χ3v) is 4.06. The molecule has 0 aromatic heterocycles. The normalized spacial score (nSPS) is 27.2. The van der Waals surface area contributed by atoms with Crippen LogP contribution in [0.1, 0.15) is 23.3 Å². The average molecular weight is 282 g/mol. The number of rotatable bonds is 2. The van der Waals surface area contributed by atoms with Gasteiger partial charge in [0.1, 0.15) is 0 Å². The summed E-state index contributed by atoms with van der Waals surface area (Å²) < 4.78 is 17.6. The SMILES string of the molecule is c1ccc([C@H]2O[B-]3(N[C@H]2c2ccccc2)OCCO3)cc1. The van der Waals surface area contributed by atoms with Crippen LogP contribution in [-0.2, 0) is 14.0 Å². The minimum absolute atomic E-state index is 0.0201. The lowest BCUT2D eigenvalue weighted by Crippen LogP contribution is -2.49. The molecule has 0 radical (unpaired) electrons. The molecule has 4 rings (SSSR count). The lowest BCUT2D eigenvalue weighted by molar-refractivity contribution is 0.116. The van der Waals surface area contributed by atoms with E-state index in [-0.39, 0.29) is 12.1 Å². The van der Waals surface area contributed by atoms with Crippen LogP contribution in [0.5, 0.6) is 0 Å². The molecule has 2 heterocycles. The molecule has 4 nitrogen and oxygen atoms in total. The molecule has 1 spiro atoms. The standard InChI is InChI=1S/C16H17BNO3/c1-3-7-13(8-4-1)15-16(14-9-5-2-6-10-14)21-17(18-15)19-11-12-20-17/h1-10,15-16,18H,11-12H2/q-1/t15-,16+/m0/s1. The highest BCUT2D eigenvalue weighted by molar-refractivity contribution is 6.59. The molecule has 2 saturated heterocycles. The maximum Gasteiger partial charge on any atom is 0.462 e. The monoisotopic (exact) mass is 282 g/mol. The maximum absolute atomic E-state index is 6.17. The van der Waals surface area contributed by atoms with Gasteiger partial charge in [-0.1, -0.05) is 60.7 Å². The highest BCUT2D eigenvalue weighted by atomic mass is 16.8. The van der Waals surface area contributed by atoms with Gasteiger partial charge in [-0.3, -0.25) is 0 Å². The first-order chi connectivity index (χ1) is 10.4. The Morgan fingerprint density at radius 2 is 1.38 bits per heavy atom. The molecule has 2 aromatic rings. The Morgan fingerprint density at radius 1 is 0.810 bits per heavy atom. The van der Waals surface area contributed by atoms with E-state index < -0.39 is 6.89 Å². The molecular weight excluding hydrogens is 265 g/mol. The molecule has 2 atom stereocenters. The quantitative estimate of drug-likeness (QED) is 0.859. The molecule has 0 aliphatic carbocycles. The van der Waals surface area contributed by atoms with Crippen molar-refractivity contribution < 1.29 is 14.0 Å². The Labute approximate surface area is 124 Å². The van der Waals surface area contributed by atoms with Crippen molar-refractivity contribution in [3.63, 3.8) is 0 Å². The third kappa shape index (κ3) is 2.38. The second-order valence-electron chi connectivity index (χ2n) is 5.41. The second kappa shape index (κ2) is 5.28. The smallest absolute Gasteiger partial charge is 0.462 e. The molecule has 21 heavy (non-hydrogen) atoms. The minimum atomic E-state index is -1.83. The third-order valence-electron chi connectivity index (χ3n) is 4.06. The predicted molar refractivity (Wildman–Crippen MR) is 80.2 cm³/mol. The molecule has 0 bridgehead atoms. The van der Waals surface area contributed by atoms with Crippen LogP contribution in [0, 0.1) is 0 Å². The van der Waals surface area contributed by atoms with E-state index in [1.54, 1.807) is 0 Å². The van der Waals surface area contributed by atoms with Crippen molar-refractivity contribution in [3.05, 3.63) is 71.8 Å². The summed E-state index contributed by atoms with van der Waals surface area (Å²) in [5.74, 6) is 0. The number of hydrogen-bond acceptors (Lipinski definition) is 4. The fourth-order valence-corrected chi connectivity index (χ4v) is 3.09. The van der Waals surface area contributed by atoms with Crippen LogP contribution in [-0.4, -0.2) is 20.1 Å². The zero-order chi connectivity index (χ0) is 14.1. The molecule has 0 saturated carbocycles. The van der Waals surface area contributed by atoms with Crippen molar-refractivity contribution in [2.45, 2.75) is 12.1 Å². The van der Waals surface area contributed by atoms with Crippen molar-refractivity contribution in [1.82, 2.24) is 5.23 Å². The van der Waals surface area contributed by atoms with Gasteiger partial charge in [0.15, 0.2) is 0 Å².